The lowest BCUT2D eigenvalue weighted by Gasteiger charge is -2.15. The van der Waals surface area contributed by atoms with Gasteiger partial charge in [-0.2, -0.15) is 0 Å². The number of carbonyl (C=O) groups excluding carboxylic acids is 1. The van der Waals surface area contributed by atoms with Crippen molar-refractivity contribution in [2.45, 2.75) is 6.92 Å². The van der Waals surface area contributed by atoms with Gasteiger partial charge >= 0.3 is 0 Å². The molecule has 0 bridgehead atoms. The van der Waals surface area contributed by atoms with Crippen LogP contribution in [0.3, 0.4) is 0 Å². The SMILES string of the molecule is C=Nc1ccc(-c2cc(C(=O)NC)c(N)nc2-c2ccc(F)cc2)cc1C(C)=NC. The molecule has 0 radical (unpaired) electrons. The van der Waals surface area contributed by atoms with Crippen LogP contribution in [0.2, 0.25) is 0 Å². The molecular weight excluding hydrogens is 381 g/mol. The zero-order valence-electron chi connectivity index (χ0n) is 17.0. The minimum Gasteiger partial charge on any atom is -0.383 e. The molecule has 30 heavy (non-hydrogen) atoms. The summed E-state index contributed by atoms with van der Waals surface area (Å²) in [5, 5.41) is 2.57. The number of nitrogens with one attached hydrogen (secondary N) is 1. The smallest absolute Gasteiger partial charge is 0.254 e. The zero-order chi connectivity index (χ0) is 21.8. The normalized spacial score (nSPS) is 11.3. The van der Waals surface area contributed by atoms with E-state index in [1.54, 1.807) is 25.2 Å². The highest BCUT2D eigenvalue weighted by molar-refractivity contribution is 6.05. The lowest BCUT2D eigenvalue weighted by Crippen LogP contribution is -2.20. The number of anilines is 1. The van der Waals surface area contributed by atoms with Gasteiger partial charge in [0.1, 0.15) is 11.6 Å². The molecule has 3 N–H and O–H groups in total. The molecule has 6 nitrogen and oxygen atoms in total. The molecule has 0 spiro atoms. The number of amides is 1. The highest BCUT2D eigenvalue weighted by Crippen LogP contribution is 2.35. The molecule has 1 heterocycles. The first-order valence-electron chi connectivity index (χ1n) is 9.23. The number of hydrogen-bond acceptors (Lipinski definition) is 5. The van der Waals surface area contributed by atoms with Gasteiger partial charge in [-0.05, 0) is 61.7 Å². The van der Waals surface area contributed by atoms with Crippen LogP contribution >= 0.6 is 0 Å². The van der Waals surface area contributed by atoms with E-state index in [-0.39, 0.29) is 23.1 Å². The Morgan fingerprint density at radius 3 is 2.37 bits per heavy atom. The molecule has 0 saturated carbocycles. The van der Waals surface area contributed by atoms with Gasteiger partial charge in [-0.15, -0.1) is 0 Å². The van der Waals surface area contributed by atoms with Gasteiger partial charge in [0.05, 0.1) is 16.9 Å². The maximum absolute atomic E-state index is 13.5. The van der Waals surface area contributed by atoms with E-state index >= 15 is 0 Å². The standard InChI is InChI=1S/C23H22FN5O/c1-13(26-2)17-11-15(7-10-20(17)27-3)18-12-19(23(30)28-4)22(25)29-21(18)14-5-8-16(24)9-6-14/h5-12H,3H2,1-2,4H3,(H2,25,29)(H,28,30). The van der Waals surface area contributed by atoms with Crippen molar-refractivity contribution in [3.05, 3.63) is 65.5 Å². The first-order valence-corrected chi connectivity index (χ1v) is 9.23. The monoisotopic (exact) mass is 403 g/mol. The Morgan fingerprint density at radius 2 is 1.77 bits per heavy atom. The first kappa shape index (κ1) is 20.9. The number of nitrogen functional groups attached to an aromatic ring is 1. The average Bonchev–Trinajstić information content (AvgIpc) is 2.78. The Balaban J connectivity index is 2.32. The van der Waals surface area contributed by atoms with Crippen LogP contribution < -0.4 is 11.1 Å². The number of nitrogens with two attached hydrogens (primary N) is 1. The third-order valence-electron chi connectivity index (χ3n) is 4.84. The molecule has 3 rings (SSSR count). The summed E-state index contributed by atoms with van der Waals surface area (Å²) < 4.78 is 13.5. The largest absolute Gasteiger partial charge is 0.383 e. The molecule has 7 heteroatoms. The quantitative estimate of drug-likeness (QED) is 0.623. The summed E-state index contributed by atoms with van der Waals surface area (Å²) in [5.41, 5.74) is 11.3. The van der Waals surface area contributed by atoms with Gasteiger partial charge in [0.25, 0.3) is 5.91 Å². The van der Waals surface area contributed by atoms with E-state index in [2.05, 4.69) is 27.0 Å². The number of hydrogen-bond donors (Lipinski definition) is 2. The molecule has 0 fully saturated rings. The lowest BCUT2D eigenvalue weighted by atomic mass is 9.94. The number of halogens is 1. The van der Waals surface area contributed by atoms with Crippen LogP contribution in [-0.2, 0) is 0 Å². The highest BCUT2D eigenvalue weighted by atomic mass is 19.1. The molecule has 0 unspecified atom stereocenters. The van der Waals surface area contributed by atoms with E-state index in [9.17, 15) is 9.18 Å². The number of benzene rings is 2. The van der Waals surface area contributed by atoms with Crippen LogP contribution in [0.1, 0.15) is 22.8 Å². The molecule has 0 aliphatic carbocycles. The number of aliphatic imine (C=N–C) groups is 2. The lowest BCUT2D eigenvalue weighted by molar-refractivity contribution is 0.0963. The van der Waals surface area contributed by atoms with Gasteiger partial charge in [0, 0.05) is 36.5 Å². The second-order valence-electron chi connectivity index (χ2n) is 6.60. The number of aromatic nitrogens is 1. The summed E-state index contributed by atoms with van der Waals surface area (Å²) in [6, 6.07) is 13.3. The van der Waals surface area contributed by atoms with Gasteiger partial charge in [-0.3, -0.25) is 14.8 Å². The summed E-state index contributed by atoms with van der Waals surface area (Å²) in [6.45, 7) is 5.50. The maximum Gasteiger partial charge on any atom is 0.254 e. The van der Waals surface area contributed by atoms with Gasteiger partial charge in [0.2, 0.25) is 0 Å². The molecule has 1 amide bonds. The van der Waals surface area contributed by atoms with Crippen molar-refractivity contribution in [2.75, 3.05) is 19.8 Å². The molecule has 3 aromatic rings. The fraction of sp³-hybridized carbons (Fsp3) is 0.130. The predicted octanol–water partition coefficient (Wildman–Crippen LogP) is 4.27. The van der Waals surface area contributed by atoms with Crippen LogP contribution in [0.25, 0.3) is 22.4 Å². The van der Waals surface area contributed by atoms with Gasteiger partial charge in [-0.1, -0.05) is 6.07 Å². The van der Waals surface area contributed by atoms with Crippen molar-refractivity contribution < 1.29 is 9.18 Å². The topological polar surface area (TPSA) is 92.7 Å². The van der Waals surface area contributed by atoms with Crippen molar-refractivity contribution in [3.63, 3.8) is 0 Å². The van der Waals surface area contributed by atoms with Crippen LogP contribution in [0, 0.1) is 5.82 Å². The molecule has 0 aliphatic heterocycles. The molecule has 2 aromatic carbocycles. The Morgan fingerprint density at radius 1 is 1.10 bits per heavy atom. The van der Waals surface area contributed by atoms with Crippen LogP contribution in [0.15, 0.2) is 58.5 Å². The summed E-state index contributed by atoms with van der Waals surface area (Å²) in [4.78, 5) is 25.1. The number of pyridine rings is 1. The molecule has 0 aliphatic rings. The fourth-order valence-corrected chi connectivity index (χ4v) is 3.14. The fourth-order valence-electron chi connectivity index (χ4n) is 3.14. The summed E-state index contributed by atoms with van der Waals surface area (Å²) >= 11 is 0. The summed E-state index contributed by atoms with van der Waals surface area (Å²) in [5.74, 6) is -0.607. The van der Waals surface area contributed by atoms with Crippen molar-refractivity contribution >= 4 is 29.8 Å². The third-order valence-corrected chi connectivity index (χ3v) is 4.84. The molecule has 152 valence electrons. The zero-order valence-corrected chi connectivity index (χ0v) is 17.0. The second-order valence-corrected chi connectivity index (χ2v) is 6.60. The first-order chi connectivity index (χ1) is 14.4. The van der Waals surface area contributed by atoms with Gasteiger partial charge < -0.3 is 11.1 Å². The highest BCUT2D eigenvalue weighted by Gasteiger charge is 2.18. The summed E-state index contributed by atoms with van der Waals surface area (Å²) in [7, 11) is 3.23. The van der Waals surface area contributed by atoms with Crippen molar-refractivity contribution in [3.8, 4) is 22.4 Å². The molecule has 0 atom stereocenters. The Labute approximate surface area is 174 Å². The molecule has 0 saturated heterocycles. The summed E-state index contributed by atoms with van der Waals surface area (Å²) in [6.07, 6.45) is 0. The Bertz CT molecular complexity index is 1150. The third kappa shape index (κ3) is 3.96. The minimum atomic E-state index is -0.353. The molecule has 1 aromatic heterocycles. The van der Waals surface area contributed by atoms with Crippen molar-refractivity contribution in [1.29, 1.82) is 0 Å². The van der Waals surface area contributed by atoms with E-state index in [1.807, 2.05) is 25.1 Å². The average molecular weight is 403 g/mol. The van der Waals surface area contributed by atoms with E-state index in [1.165, 1.54) is 19.2 Å². The van der Waals surface area contributed by atoms with Gasteiger partial charge in [0.15, 0.2) is 0 Å². The second kappa shape index (κ2) is 8.65. The number of carbonyl (C=O) groups is 1. The van der Waals surface area contributed by atoms with E-state index < -0.39 is 0 Å². The van der Waals surface area contributed by atoms with E-state index in [0.29, 0.717) is 22.5 Å². The Kier molecular flexibility index (Phi) is 6.01. The van der Waals surface area contributed by atoms with Crippen molar-refractivity contribution in [2.24, 2.45) is 9.98 Å². The van der Waals surface area contributed by atoms with E-state index in [0.717, 1.165) is 16.8 Å². The van der Waals surface area contributed by atoms with E-state index in [4.69, 9.17) is 5.73 Å². The molecular formula is C23H22FN5O. The van der Waals surface area contributed by atoms with Crippen LogP contribution in [0.4, 0.5) is 15.9 Å². The minimum absolute atomic E-state index is 0.0910. The number of rotatable bonds is 5. The van der Waals surface area contributed by atoms with Crippen molar-refractivity contribution in [1.82, 2.24) is 10.3 Å². The number of nitrogens with zero attached hydrogens (tertiary/aromatic N) is 3. The maximum atomic E-state index is 13.5. The Hall–Kier alpha value is -3.87. The van der Waals surface area contributed by atoms with Gasteiger partial charge in [-0.25, -0.2) is 9.37 Å². The van der Waals surface area contributed by atoms with Crippen LogP contribution in [0.5, 0.6) is 0 Å². The predicted molar refractivity (Wildman–Crippen MR) is 120 cm³/mol. The van der Waals surface area contributed by atoms with Crippen LogP contribution in [-0.4, -0.2) is 37.4 Å².